The molecule has 0 aliphatic rings. The van der Waals surface area contributed by atoms with Gasteiger partial charge in [0.2, 0.25) is 0 Å². The van der Waals surface area contributed by atoms with Crippen LogP contribution in [0.2, 0.25) is 0 Å². The van der Waals surface area contributed by atoms with E-state index < -0.39 is 11.7 Å². The van der Waals surface area contributed by atoms with Crippen LogP contribution in [0.5, 0.6) is 0 Å². The zero-order valence-corrected chi connectivity index (χ0v) is 10.9. The molecule has 0 unspecified atom stereocenters. The van der Waals surface area contributed by atoms with Gasteiger partial charge in [0.05, 0.1) is 0 Å². The summed E-state index contributed by atoms with van der Waals surface area (Å²) < 4.78 is 19.7. The van der Waals surface area contributed by atoms with Crippen molar-refractivity contribution in [3.05, 3.63) is 47.9 Å². The number of carbonyl (C=O) groups is 1. The highest BCUT2D eigenvalue weighted by Gasteiger charge is 2.14. The molecule has 8 heteroatoms. The second-order valence-electron chi connectivity index (χ2n) is 4.21. The third kappa shape index (κ3) is 2.64. The Morgan fingerprint density at radius 3 is 2.67 bits per heavy atom. The van der Waals surface area contributed by atoms with E-state index in [2.05, 4.69) is 20.6 Å². The monoisotopic (exact) mass is 287 g/mol. The molecule has 3 rings (SSSR count). The summed E-state index contributed by atoms with van der Waals surface area (Å²) in [6, 6.07) is 6.79. The van der Waals surface area contributed by atoms with Gasteiger partial charge in [0.25, 0.3) is 11.8 Å². The molecule has 1 amide bonds. The van der Waals surface area contributed by atoms with Crippen LogP contribution in [-0.4, -0.2) is 25.9 Å². The molecule has 0 saturated heterocycles. The standard InChI is InChI=1S/C13H10FN5O2/c1-19-10(6-7-15-19)12-17-18-13(21-12)16-11(20)8-2-4-9(14)5-3-8/h2-7H,1H3,(H,16,18,20). The minimum absolute atomic E-state index is 0.0412. The van der Waals surface area contributed by atoms with Crippen LogP contribution in [0.4, 0.5) is 10.4 Å². The van der Waals surface area contributed by atoms with E-state index in [0.717, 1.165) is 0 Å². The molecule has 0 aliphatic heterocycles. The van der Waals surface area contributed by atoms with Crippen LogP contribution >= 0.6 is 0 Å². The summed E-state index contributed by atoms with van der Waals surface area (Å²) in [7, 11) is 1.73. The summed E-state index contributed by atoms with van der Waals surface area (Å²) in [5.41, 5.74) is 0.918. The summed E-state index contributed by atoms with van der Waals surface area (Å²) in [5.74, 6) is -0.637. The lowest BCUT2D eigenvalue weighted by atomic mass is 10.2. The Balaban J connectivity index is 1.77. The van der Waals surface area contributed by atoms with Crippen molar-refractivity contribution in [3.8, 4) is 11.6 Å². The lowest BCUT2D eigenvalue weighted by Crippen LogP contribution is -2.12. The quantitative estimate of drug-likeness (QED) is 0.794. The smallest absolute Gasteiger partial charge is 0.322 e. The number of carbonyl (C=O) groups excluding carboxylic acids is 1. The Kier molecular flexibility index (Phi) is 3.19. The van der Waals surface area contributed by atoms with Gasteiger partial charge in [0, 0.05) is 18.8 Å². The second-order valence-corrected chi connectivity index (χ2v) is 4.21. The molecular weight excluding hydrogens is 277 g/mol. The van der Waals surface area contributed by atoms with Gasteiger partial charge in [-0.05, 0) is 30.3 Å². The lowest BCUT2D eigenvalue weighted by Gasteiger charge is -2.00. The molecule has 7 nitrogen and oxygen atoms in total. The van der Waals surface area contributed by atoms with Crippen molar-refractivity contribution >= 4 is 11.9 Å². The highest BCUT2D eigenvalue weighted by atomic mass is 19.1. The van der Waals surface area contributed by atoms with Gasteiger partial charge in [-0.1, -0.05) is 5.10 Å². The summed E-state index contributed by atoms with van der Waals surface area (Å²) in [4.78, 5) is 11.9. The van der Waals surface area contributed by atoms with Crippen LogP contribution in [-0.2, 0) is 7.05 Å². The molecule has 2 heterocycles. The maximum atomic E-state index is 12.8. The number of hydrogen-bond donors (Lipinski definition) is 1. The van der Waals surface area contributed by atoms with Gasteiger partial charge in [-0.2, -0.15) is 5.10 Å². The fourth-order valence-electron chi connectivity index (χ4n) is 1.73. The Hall–Kier alpha value is -3.03. The van der Waals surface area contributed by atoms with Gasteiger partial charge in [-0.25, -0.2) is 4.39 Å². The minimum Gasteiger partial charge on any atom is -0.401 e. The van der Waals surface area contributed by atoms with Gasteiger partial charge in [0.1, 0.15) is 11.5 Å². The molecule has 0 bridgehead atoms. The number of nitrogens with zero attached hydrogens (tertiary/aromatic N) is 4. The van der Waals surface area contributed by atoms with Crippen LogP contribution in [0.3, 0.4) is 0 Å². The molecule has 0 atom stereocenters. The summed E-state index contributed by atoms with van der Waals surface area (Å²) >= 11 is 0. The maximum absolute atomic E-state index is 12.8. The molecule has 0 spiro atoms. The third-order valence-electron chi connectivity index (χ3n) is 2.79. The average Bonchev–Trinajstić information content (AvgIpc) is 3.08. The molecule has 21 heavy (non-hydrogen) atoms. The largest absolute Gasteiger partial charge is 0.401 e. The van der Waals surface area contributed by atoms with Crippen molar-refractivity contribution < 1.29 is 13.6 Å². The van der Waals surface area contributed by atoms with E-state index in [-0.39, 0.29) is 17.5 Å². The van der Waals surface area contributed by atoms with Crippen molar-refractivity contribution in [1.29, 1.82) is 0 Å². The Morgan fingerprint density at radius 2 is 2.00 bits per heavy atom. The van der Waals surface area contributed by atoms with Gasteiger partial charge in [-0.3, -0.25) is 14.8 Å². The number of amides is 1. The number of aryl methyl sites for hydroxylation is 1. The Labute approximate surface area is 118 Å². The normalized spacial score (nSPS) is 10.6. The van der Waals surface area contributed by atoms with Gasteiger partial charge < -0.3 is 4.42 Å². The number of anilines is 1. The Bertz CT molecular complexity index is 778. The van der Waals surface area contributed by atoms with E-state index in [9.17, 15) is 9.18 Å². The van der Waals surface area contributed by atoms with Crippen LogP contribution < -0.4 is 5.32 Å². The first-order chi connectivity index (χ1) is 10.1. The van der Waals surface area contributed by atoms with E-state index in [1.807, 2.05) is 0 Å². The molecule has 1 aromatic carbocycles. The first kappa shape index (κ1) is 13.0. The molecule has 0 radical (unpaired) electrons. The van der Waals surface area contributed by atoms with E-state index >= 15 is 0 Å². The minimum atomic E-state index is -0.463. The van der Waals surface area contributed by atoms with Crippen molar-refractivity contribution in [3.63, 3.8) is 0 Å². The highest BCUT2D eigenvalue weighted by molar-refractivity contribution is 6.03. The average molecular weight is 287 g/mol. The van der Waals surface area contributed by atoms with Crippen molar-refractivity contribution in [2.45, 2.75) is 0 Å². The van der Waals surface area contributed by atoms with Crippen LogP contribution in [0.25, 0.3) is 11.6 Å². The first-order valence-electron chi connectivity index (χ1n) is 6.02. The second kappa shape index (κ2) is 5.16. The number of halogens is 1. The van der Waals surface area contributed by atoms with E-state index in [0.29, 0.717) is 5.69 Å². The molecule has 1 N–H and O–H groups in total. The fraction of sp³-hybridized carbons (Fsp3) is 0.0769. The van der Waals surface area contributed by atoms with Crippen molar-refractivity contribution in [2.75, 3.05) is 5.32 Å². The van der Waals surface area contributed by atoms with E-state index in [1.54, 1.807) is 24.0 Å². The summed E-state index contributed by atoms with van der Waals surface area (Å²) in [5, 5.41) is 14.0. The topological polar surface area (TPSA) is 85.8 Å². The molecule has 0 fully saturated rings. The van der Waals surface area contributed by atoms with Crippen LogP contribution in [0.15, 0.2) is 40.9 Å². The number of nitrogens with one attached hydrogen (secondary N) is 1. The number of hydrogen-bond acceptors (Lipinski definition) is 5. The van der Waals surface area contributed by atoms with Gasteiger partial charge in [-0.15, -0.1) is 5.10 Å². The van der Waals surface area contributed by atoms with Gasteiger partial charge in [0.15, 0.2) is 0 Å². The zero-order valence-electron chi connectivity index (χ0n) is 10.9. The van der Waals surface area contributed by atoms with Crippen molar-refractivity contribution in [2.24, 2.45) is 7.05 Å². The maximum Gasteiger partial charge on any atom is 0.322 e. The highest BCUT2D eigenvalue weighted by Crippen LogP contribution is 2.18. The summed E-state index contributed by atoms with van der Waals surface area (Å²) in [6.07, 6.45) is 1.59. The van der Waals surface area contributed by atoms with Crippen LogP contribution in [0, 0.1) is 5.82 Å². The lowest BCUT2D eigenvalue weighted by molar-refractivity contribution is 0.102. The van der Waals surface area contributed by atoms with E-state index in [4.69, 9.17) is 4.42 Å². The molecule has 0 saturated carbocycles. The molecule has 3 aromatic rings. The summed E-state index contributed by atoms with van der Waals surface area (Å²) in [6.45, 7) is 0. The predicted molar refractivity (Wildman–Crippen MR) is 70.9 cm³/mol. The number of benzene rings is 1. The molecule has 0 aliphatic carbocycles. The zero-order chi connectivity index (χ0) is 14.8. The predicted octanol–water partition coefficient (Wildman–Crippen LogP) is 1.86. The fourth-order valence-corrected chi connectivity index (χ4v) is 1.73. The first-order valence-corrected chi connectivity index (χ1v) is 6.02. The molecule has 2 aromatic heterocycles. The SMILES string of the molecule is Cn1nccc1-c1nnc(NC(=O)c2ccc(F)cc2)o1. The third-order valence-corrected chi connectivity index (χ3v) is 2.79. The number of aromatic nitrogens is 4. The molecule has 106 valence electrons. The van der Waals surface area contributed by atoms with Crippen molar-refractivity contribution in [1.82, 2.24) is 20.0 Å². The Morgan fingerprint density at radius 1 is 1.24 bits per heavy atom. The number of rotatable bonds is 3. The van der Waals surface area contributed by atoms with E-state index in [1.165, 1.54) is 24.3 Å². The van der Waals surface area contributed by atoms with Crippen LogP contribution in [0.1, 0.15) is 10.4 Å². The van der Waals surface area contributed by atoms with Gasteiger partial charge >= 0.3 is 6.01 Å². The molecular formula is C13H10FN5O2.